The fraction of sp³-hybridized carbons (Fsp3) is 0.389. The quantitative estimate of drug-likeness (QED) is 0.730. The van der Waals surface area contributed by atoms with Crippen molar-refractivity contribution in [3.63, 3.8) is 0 Å². The first-order valence-corrected chi connectivity index (χ1v) is 8.91. The van der Waals surface area contributed by atoms with Crippen molar-refractivity contribution in [2.24, 2.45) is 7.05 Å². The van der Waals surface area contributed by atoms with Crippen molar-refractivity contribution < 1.29 is 9.90 Å². The number of pyridine rings is 1. The van der Waals surface area contributed by atoms with E-state index in [0.717, 1.165) is 37.6 Å². The maximum atomic E-state index is 11.2. The molecule has 1 fully saturated rings. The first-order valence-electron chi connectivity index (χ1n) is 8.91. The van der Waals surface area contributed by atoms with E-state index in [1.807, 2.05) is 23.9 Å². The Bertz CT molecular complexity index is 935. The van der Waals surface area contributed by atoms with Crippen molar-refractivity contribution in [2.75, 3.05) is 18.0 Å². The summed E-state index contributed by atoms with van der Waals surface area (Å²) < 4.78 is 4.01. The molecule has 0 amide bonds. The largest absolute Gasteiger partial charge is 0.477 e. The molecule has 0 bridgehead atoms. The van der Waals surface area contributed by atoms with Gasteiger partial charge < -0.3 is 19.1 Å². The number of piperidine rings is 1. The number of rotatable bonds is 5. The van der Waals surface area contributed by atoms with Gasteiger partial charge in [0.1, 0.15) is 11.6 Å². The molecule has 1 unspecified atom stereocenters. The van der Waals surface area contributed by atoms with E-state index in [0.29, 0.717) is 12.4 Å². The minimum Gasteiger partial charge on any atom is -0.477 e. The summed E-state index contributed by atoms with van der Waals surface area (Å²) in [5.74, 6) is 1.74. The molecule has 0 radical (unpaired) electrons. The Labute approximate surface area is 156 Å². The third-order valence-corrected chi connectivity index (χ3v) is 4.95. The normalized spacial score (nSPS) is 17.2. The van der Waals surface area contributed by atoms with Crippen LogP contribution in [0.1, 0.15) is 40.9 Å². The van der Waals surface area contributed by atoms with Crippen molar-refractivity contribution in [1.82, 2.24) is 29.3 Å². The van der Waals surface area contributed by atoms with Crippen LogP contribution in [0, 0.1) is 0 Å². The molecule has 1 aliphatic rings. The second-order valence-corrected chi connectivity index (χ2v) is 6.74. The molecule has 0 saturated carbocycles. The third-order valence-electron chi connectivity index (χ3n) is 4.95. The number of anilines is 1. The van der Waals surface area contributed by atoms with Crippen molar-refractivity contribution in [2.45, 2.75) is 25.3 Å². The zero-order valence-electron chi connectivity index (χ0n) is 15.1. The zero-order chi connectivity index (χ0) is 18.8. The average molecular weight is 367 g/mol. The highest BCUT2D eigenvalue weighted by molar-refractivity contribution is 5.85. The van der Waals surface area contributed by atoms with Crippen molar-refractivity contribution in [3.8, 4) is 0 Å². The highest BCUT2D eigenvalue weighted by Crippen LogP contribution is 2.28. The molecule has 0 aliphatic carbocycles. The minimum atomic E-state index is -1.01. The van der Waals surface area contributed by atoms with Gasteiger partial charge >= 0.3 is 5.97 Å². The lowest BCUT2D eigenvalue weighted by Crippen LogP contribution is -2.36. The maximum absolute atomic E-state index is 11.2. The third kappa shape index (κ3) is 3.53. The van der Waals surface area contributed by atoms with Crippen molar-refractivity contribution >= 4 is 11.8 Å². The van der Waals surface area contributed by atoms with Crippen LogP contribution >= 0.6 is 0 Å². The highest BCUT2D eigenvalue weighted by atomic mass is 16.4. The molecule has 0 aromatic carbocycles. The number of carboxylic acids is 1. The molecule has 1 atom stereocenters. The molecule has 3 aromatic rings. The van der Waals surface area contributed by atoms with Crippen molar-refractivity contribution in [3.05, 3.63) is 54.3 Å². The number of carboxylic acid groups (broad SMARTS) is 1. The predicted octanol–water partition coefficient (Wildman–Crippen LogP) is 1.54. The average Bonchev–Trinajstić information content (AvgIpc) is 3.33. The van der Waals surface area contributed by atoms with Crippen LogP contribution in [0.25, 0.3) is 0 Å². The van der Waals surface area contributed by atoms with Gasteiger partial charge in [-0.05, 0) is 25.0 Å². The summed E-state index contributed by atoms with van der Waals surface area (Å²) >= 11 is 0. The lowest BCUT2D eigenvalue weighted by molar-refractivity contribution is 0.0690. The van der Waals surface area contributed by atoms with Crippen LogP contribution in [-0.4, -0.2) is 53.5 Å². The fourth-order valence-electron chi connectivity index (χ4n) is 3.53. The van der Waals surface area contributed by atoms with E-state index in [9.17, 15) is 9.90 Å². The second kappa shape index (κ2) is 7.18. The summed E-state index contributed by atoms with van der Waals surface area (Å²) in [6, 6.07) is 5.11. The molecule has 1 N–H and O–H groups in total. The number of imidazole rings is 1. The molecule has 27 heavy (non-hydrogen) atoms. The van der Waals surface area contributed by atoms with Crippen LogP contribution in [0.15, 0.2) is 36.9 Å². The Morgan fingerprint density at radius 1 is 1.33 bits per heavy atom. The molecule has 4 rings (SSSR count). The first-order chi connectivity index (χ1) is 13.1. The number of aromatic nitrogens is 6. The molecule has 1 aliphatic heterocycles. The molecular formula is C18H21N7O2. The smallest absolute Gasteiger partial charge is 0.354 e. The van der Waals surface area contributed by atoms with E-state index in [4.69, 9.17) is 0 Å². The predicted molar refractivity (Wildman–Crippen MR) is 97.7 cm³/mol. The number of nitrogens with zero attached hydrogens (tertiary/aromatic N) is 7. The number of carbonyl (C=O) groups is 1. The highest BCUT2D eigenvalue weighted by Gasteiger charge is 2.27. The summed E-state index contributed by atoms with van der Waals surface area (Å²) in [4.78, 5) is 21.7. The SMILES string of the molecule is Cn1c(Cn2ccnc2)nnc1C1CCCN(c2cccc(C(=O)O)n2)C1. The van der Waals surface area contributed by atoms with Gasteiger partial charge in [-0.3, -0.25) is 0 Å². The maximum Gasteiger partial charge on any atom is 0.354 e. The summed E-state index contributed by atoms with van der Waals surface area (Å²) in [6.07, 6.45) is 7.42. The topological polar surface area (TPSA) is 102 Å². The van der Waals surface area contributed by atoms with Crippen LogP contribution in [-0.2, 0) is 13.6 Å². The number of hydrogen-bond donors (Lipinski definition) is 1. The van der Waals surface area contributed by atoms with E-state index in [2.05, 4.69) is 29.6 Å². The molecule has 1 saturated heterocycles. The molecule has 0 spiro atoms. The number of hydrogen-bond acceptors (Lipinski definition) is 6. The van der Waals surface area contributed by atoms with E-state index in [-0.39, 0.29) is 11.6 Å². The molecule has 3 aromatic heterocycles. The molecule has 4 heterocycles. The monoisotopic (exact) mass is 367 g/mol. The van der Waals surface area contributed by atoms with Gasteiger partial charge in [0, 0.05) is 38.4 Å². The van der Waals surface area contributed by atoms with Crippen LogP contribution in [0.3, 0.4) is 0 Å². The number of aromatic carboxylic acids is 1. The summed E-state index contributed by atoms with van der Waals surface area (Å²) in [6.45, 7) is 2.22. The van der Waals surface area contributed by atoms with Gasteiger partial charge in [0.25, 0.3) is 0 Å². The summed E-state index contributed by atoms with van der Waals surface area (Å²) in [5, 5.41) is 18.0. The van der Waals surface area contributed by atoms with Crippen LogP contribution in [0.5, 0.6) is 0 Å². The Morgan fingerprint density at radius 3 is 3.00 bits per heavy atom. The minimum absolute atomic E-state index is 0.0656. The first kappa shape index (κ1) is 17.2. The molecule has 140 valence electrons. The van der Waals surface area contributed by atoms with E-state index in [1.54, 1.807) is 18.6 Å². The van der Waals surface area contributed by atoms with E-state index < -0.39 is 5.97 Å². The van der Waals surface area contributed by atoms with Crippen molar-refractivity contribution in [1.29, 1.82) is 0 Å². The van der Waals surface area contributed by atoms with Gasteiger partial charge in [-0.25, -0.2) is 14.8 Å². The van der Waals surface area contributed by atoms with Gasteiger partial charge in [-0.15, -0.1) is 10.2 Å². The fourth-order valence-corrected chi connectivity index (χ4v) is 3.53. The van der Waals surface area contributed by atoms with Gasteiger partial charge in [-0.2, -0.15) is 0 Å². The molecule has 9 nitrogen and oxygen atoms in total. The standard InChI is InChI=1S/C18H21N7O2/c1-23-16(11-24-9-7-19-12-24)21-22-17(23)13-4-3-8-25(10-13)15-6-2-5-14(20-15)18(26)27/h2,5-7,9,12-13H,3-4,8,10-11H2,1H3,(H,26,27). The van der Waals surface area contributed by atoms with Gasteiger partial charge in [0.2, 0.25) is 0 Å². The Balaban J connectivity index is 1.52. The van der Waals surface area contributed by atoms with Gasteiger partial charge in [-0.1, -0.05) is 6.07 Å². The van der Waals surface area contributed by atoms with E-state index >= 15 is 0 Å². The van der Waals surface area contributed by atoms with Gasteiger partial charge in [0.15, 0.2) is 11.5 Å². The molecule has 9 heteroatoms. The van der Waals surface area contributed by atoms with Gasteiger partial charge in [0.05, 0.1) is 12.9 Å². The zero-order valence-corrected chi connectivity index (χ0v) is 15.1. The lowest BCUT2D eigenvalue weighted by atomic mass is 9.97. The second-order valence-electron chi connectivity index (χ2n) is 6.74. The van der Waals surface area contributed by atoms with E-state index in [1.165, 1.54) is 6.07 Å². The molecular weight excluding hydrogens is 346 g/mol. The van der Waals surface area contributed by atoms with Crippen LogP contribution in [0.2, 0.25) is 0 Å². The Kier molecular flexibility index (Phi) is 4.57. The van der Waals surface area contributed by atoms with Crippen LogP contribution in [0.4, 0.5) is 5.82 Å². The summed E-state index contributed by atoms with van der Waals surface area (Å²) in [5.41, 5.74) is 0.0656. The lowest BCUT2D eigenvalue weighted by Gasteiger charge is -2.33. The van der Waals surface area contributed by atoms with Crippen LogP contribution < -0.4 is 4.90 Å². The Morgan fingerprint density at radius 2 is 2.22 bits per heavy atom. The summed E-state index contributed by atoms with van der Waals surface area (Å²) in [7, 11) is 1.99. The Hall–Kier alpha value is -3.23.